The van der Waals surface area contributed by atoms with E-state index in [1.165, 1.54) is 37.3 Å². The number of carbonyl (C=O) groups excluding carboxylic acids is 2. The number of nitro groups is 1. The highest BCUT2D eigenvalue weighted by molar-refractivity contribution is 6.04. The molecule has 2 aromatic rings. The maximum atomic E-state index is 12.6. The van der Waals surface area contributed by atoms with Crippen LogP contribution in [0.4, 0.5) is 17.1 Å². The summed E-state index contributed by atoms with van der Waals surface area (Å²) in [5.41, 5.74) is 0.713. The summed E-state index contributed by atoms with van der Waals surface area (Å²) in [6.45, 7) is 0.170. The van der Waals surface area contributed by atoms with Crippen molar-refractivity contribution < 1.29 is 24.0 Å². The second-order valence-electron chi connectivity index (χ2n) is 6.24. The summed E-state index contributed by atoms with van der Waals surface area (Å²) in [5.74, 6) is -0.131. The number of nitro benzene ring substituents is 1. The SMILES string of the molecule is COc1ccc(OC)c(N2C[C@@H](C(=O)Nc3cccc([N+](=O)[O-])c3)CC2=O)c1. The topological polar surface area (TPSA) is 111 Å². The maximum Gasteiger partial charge on any atom is 0.271 e. The quantitative estimate of drug-likeness (QED) is 0.604. The molecule has 0 unspecified atom stereocenters. The lowest BCUT2D eigenvalue weighted by atomic mass is 10.1. The molecule has 0 aromatic heterocycles. The average molecular weight is 385 g/mol. The van der Waals surface area contributed by atoms with Gasteiger partial charge in [-0.1, -0.05) is 6.07 Å². The lowest BCUT2D eigenvalue weighted by Gasteiger charge is -2.20. The second-order valence-corrected chi connectivity index (χ2v) is 6.24. The molecule has 2 aromatic carbocycles. The Labute approximate surface area is 161 Å². The molecule has 0 saturated carbocycles. The molecule has 0 aliphatic carbocycles. The highest BCUT2D eigenvalue weighted by Crippen LogP contribution is 2.36. The van der Waals surface area contributed by atoms with Crippen LogP contribution in [-0.4, -0.2) is 37.5 Å². The van der Waals surface area contributed by atoms with Crippen LogP contribution in [0.3, 0.4) is 0 Å². The first-order valence-corrected chi connectivity index (χ1v) is 8.50. The second kappa shape index (κ2) is 7.95. The monoisotopic (exact) mass is 385 g/mol. The van der Waals surface area contributed by atoms with E-state index in [1.54, 1.807) is 24.3 Å². The number of rotatable bonds is 6. The average Bonchev–Trinajstić information content (AvgIpc) is 3.09. The molecule has 9 heteroatoms. The van der Waals surface area contributed by atoms with Crippen LogP contribution in [0.2, 0.25) is 0 Å². The molecule has 0 bridgehead atoms. The first-order valence-electron chi connectivity index (χ1n) is 8.50. The molecule has 1 saturated heterocycles. The summed E-state index contributed by atoms with van der Waals surface area (Å²) in [6.07, 6.45) is 0.0289. The van der Waals surface area contributed by atoms with Crippen LogP contribution in [0.5, 0.6) is 11.5 Å². The maximum absolute atomic E-state index is 12.6. The molecule has 1 fully saturated rings. The van der Waals surface area contributed by atoms with Crippen LogP contribution in [-0.2, 0) is 9.59 Å². The molecule has 9 nitrogen and oxygen atoms in total. The minimum absolute atomic E-state index is 0.0289. The van der Waals surface area contributed by atoms with Crippen molar-refractivity contribution in [2.75, 3.05) is 31.0 Å². The molecule has 1 aliphatic rings. The number of benzene rings is 2. The predicted molar refractivity (Wildman–Crippen MR) is 102 cm³/mol. The zero-order chi connectivity index (χ0) is 20.3. The van der Waals surface area contributed by atoms with Gasteiger partial charge in [0, 0.05) is 36.9 Å². The third-order valence-electron chi connectivity index (χ3n) is 4.50. The lowest BCUT2D eigenvalue weighted by molar-refractivity contribution is -0.384. The third-order valence-corrected chi connectivity index (χ3v) is 4.50. The molecule has 1 aliphatic heterocycles. The van der Waals surface area contributed by atoms with E-state index >= 15 is 0 Å². The van der Waals surface area contributed by atoms with E-state index in [9.17, 15) is 19.7 Å². The van der Waals surface area contributed by atoms with Crippen molar-refractivity contribution in [3.63, 3.8) is 0 Å². The van der Waals surface area contributed by atoms with Crippen LogP contribution in [0.1, 0.15) is 6.42 Å². The Morgan fingerprint density at radius 2 is 2.00 bits per heavy atom. The number of hydrogen-bond donors (Lipinski definition) is 1. The number of methoxy groups -OCH3 is 2. The summed E-state index contributed by atoms with van der Waals surface area (Å²) in [4.78, 5) is 36.9. The molecule has 0 radical (unpaired) electrons. The molecule has 2 amide bonds. The number of hydrogen-bond acceptors (Lipinski definition) is 6. The van der Waals surface area contributed by atoms with Crippen LogP contribution >= 0.6 is 0 Å². The van der Waals surface area contributed by atoms with E-state index in [0.29, 0.717) is 22.9 Å². The van der Waals surface area contributed by atoms with Crippen molar-refractivity contribution in [3.05, 3.63) is 52.6 Å². The summed E-state index contributed by atoms with van der Waals surface area (Å²) in [5, 5.41) is 13.5. The Hall–Kier alpha value is -3.62. The summed E-state index contributed by atoms with van der Waals surface area (Å²) >= 11 is 0. The van der Waals surface area contributed by atoms with E-state index in [4.69, 9.17) is 9.47 Å². The highest BCUT2D eigenvalue weighted by atomic mass is 16.6. The molecule has 146 valence electrons. The fourth-order valence-electron chi connectivity index (χ4n) is 3.07. The third kappa shape index (κ3) is 3.88. The van der Waals surface area contributed by atoms with E-state index in [-0.39, 0.29) is 30.5 Å². The molecule has 1 heterocycles. The summed E-state index contributed by atoms with van der Waals surface area (Å²) in [7, 11) is 3.02. The van der Waals surface area contributed by atoms with Gasteiger partial charge >= 0.3 is 0 Å². The Balaban J connectivity index is 1.76. The number of amides is 2. The molecule has 28 heavy (non-hydrogen) atoms. The van der Waals surface area contributed by atoms with Crippen LogP contribution < -0.4 is 19.7 Å². The van der Waals surface area contributed by atoms with Crippen molar-refractivity contribution in [1.29, 1.82) is 0 Å². The Kier molecular flexibility index (Phi) is 5.44. The Bertz CT molecular complexity index is 930. The minimum Gasteiger partial charge on any atom is -0.497 e. The number of nitrogens with one attached hydrogen (secondary N) is 1. The number of carbonyl (C=O) groups is 2. The zero-order valence-corrected chi connectivity index (χ0v) is 15.4. The first kappa shape index (κ1) is 19.2. The molecule has 0 spiro atoms. The van der Waals surface area contributed by atoms with E-state index in [2.05, 4.69) is 5.32 Å². The van der Waals surface area contributed by atoms with Gasteiger partial charge in [-0.2, -0.15) is 0 Å². The molecule has 1 N–H and O–H groups in total. The molecular weight excluding hydrogens is 366 g/mol. The van der Waals surface area contributed by atoms with E-state index in [1.807, 2.05) is 0 Å². The minimum atomic E-state index is -0.595. The standard InChI is InChI=1S/C19H19N3O6/c1-27-15-6-7-17(28-2)16(10-15)21-11-12(8-18(21)23)19(24)20-13-4-3-5-14(9-13)22(25)26/h3-7,9-10,12H,8,11H2,1-2H3,(H,20,24)/t12-/m0/s1. The smallest absolute Gasteiger partial charge is 0.271 e. The van der Waals surface area contributed by atoms with E-state index in [0.717, 1.165) is 0 Å². The zero-order valence-electron chi connectivity index (χ0n) is 15.4. The lowest BCUT2D eigenvalue weighted by Crippen LogP contribution is -2.28. The van der Waals surface area contributed by atoms with Gasteiger partial charge in [0.2, 0.25) is 11.8 Å². The predicted octanol–water partition coefficient (Wildman–Crippen LogP) is 2.60. The fourth-order valence-corrected chi connectivity index (χ4v) is 3.07. The fraction of sp³-hybridized carbons (Fsp3) is 0.263. The van der Waals surface area contributed by atoms with Crippen LogP contribution in [0, 0.1) is 16.0 Å². The van der Waals surface area contributed by atoms with Gasteiger partial charge in [-0.3, -0.25) is 19.7 Å². The van der Waals surface area contributed by atoms with Crippen molar-refractivity contribution in [3.8, 4) is 11.5 Å². The van der Waals surface area contributed by atoms with Crippen LogP contribution in [0.25, 0.3) is 0 Å². The Morgan fingerprint density at radius 3 is 2.68 bits per heavy atom. The van der Waals surface area contributed by atoms with Crippen molar-refractivity contribution in [2.45, 2.75) is 6.42 Å². The van der Waals surface area contributed by atoms with Crippen LogP contribution in [0.15, 0.2) is 42.5 Å². The Morgan fingerprint density at radius 1 is 1.21 bits per heavy atom. The van der Waals surface area contributed by atoms with Gasteiger partial charge in [-0.05, 0) is 18.2 Å². The van der Waals surface area contributed by atoms with Gasteiger partial charge in [0.15, 0.2) is 0 Å². The van der Waals surface area contributed by atoms with Gasteiger partial charge in [0.1, 0.15) is 11.5 Å². The van der Waals surface area contributed by atoms with Crippen molar-refractivity contribution in [1.82, 2.24) is 0 Å². The number of ether oxygens (including phenoxy) is 2. The van der Waals surface area contributed by atoms with Gasteiger partial charge in [-0.25, -0.2) is 0 Å². The first-order chi connectivity index (χ1) is 13.4. The number of non-ortho nitro benzene ring substituents is 1. The normalized spacial score (nSPS) is 16.0. The summed E-state index contributed by atoms with van der Waals surface area (Å²) in [6, 6.07) is 10.7. The van der Waals surface area contributed by atoms with Gasteiger partial charge in [-0.15, -0.1) is 0 Å². The van der Waals surface area contributed by atoms with Gasteiger partial charge < -0.3 is 19.7 Å². The van der Waals surface area contributed by atoms with Gasteiger partial charge in [0.05, 0.1) is 30.7 Å². The largest absolute Gasteiger partial charge is 0.497 e. The van der Waals surface area contributed by atoms with Crippen molar-refractivity contribution in [2.24, 2.45) is 5.92 Å². The molecule has 3 rings (SSSR count). The number of nitrogens with zero attached hydrogens (tertiary/aromatic N) is 2. The van der Waals surface area contributed by atoms with E-state index < -0.39 is 10.8 Å². The van der Waals surface area contributed by atoms with Crippen molar-refractivity contribution >= 4 is 28.9 Å². The highest BCUT2D eigenvalue weighted by Gasteiger charge is 2.36. The summed E-state index contributed by atoms with van der Waals surface area (Å²) < 4.78 is 10.5. The molecule has 1 atom stereocenters. The number of anilines is 2. The molecular formula is C19H19N3O6. The van der Waals surface area contributed by atoms with Gasteiger partial charge in [0.25, 0.3) is 5.69 Å².